The standard InChI is InChI=1S/C14H26O4.2C2H4/c1-5-11(6-2)13(15)17-9-10-18-14(16)12(7-3)8-4;2*1-2/h11-12H,5-10H2,1-4H3;2*1-2H2. The topological polar surface area (TPSA) is 52.6 Å². The van der Waals surface area contributed by atoms with E-state index in [1.54, 1.807) is 0 Å². The molecule has 0 N–H and O–H groups in total. The number of ether oxygens (including phenoxy) is 2. The van der Waals surface area contributed by atoms with Crippen molar-refractivity contribution in [2.45, 2.75) is 53.4 Å². The van der Waals surface area contributed by atoms with Gasteiger partial charge in [0.1, 0.15) is 13.2 Å². The summed E-state index contributed by atoms with van der Waals surface area (Å²) >= 11 is 0. The second-order valence-electron chi connectivity index (χ2n) is 4.36. The van der Waals surface area contributed by atoms with E-state index in [1.807, 2.05) is 27.7 Å². The molecule has 0 rings (SSSR count). The summed E-state index contributed by atoms with van der Waals surface area (Å²) in [7, 11) is 0. The van der Waals surface area contributed by atoms with Crippen molar-refractivity contribution in [3.05, 3.63) is 26.3 Å². The molecule has 0 atom stereocenters. The zero-order chi connectivity index (χ0) is 18.0. The molecule has 0 saturated carbocycles. The van der Waals surface area contributed by atoms with E-state index in [4.69, 9.17) is 9.47 Å². The molecule has 130 valence electrons. The summed E-state index contributed by atoms with van der Waals surface area (Å²) in [5.41, 5.74) is 0. The lowest BCUT2D eigenvalue weighted by atomic mass is 10.0. The largest absolute Gasteiger partial charge is 0.462 e. The Balaban J connectivity index is -0.000000826. The van der Waals surface area contributed by atoms with E-state index in [2.05, 4.69) is 26.3 Å². The SMILES string of the molecule is C=C.C=C.CCC(CC)C(=O)OCCOC(=O)C(CC)CC. The maximum atomic E-state index is 11.5. The van der Waals surface area contributed by atoms with Crippen LogP contribution in [0, 0.1) is 11.8 Å². The van der Waals surface area contributed by atoms with Gasteiger partial charge in [0, 0.05) is 0 Å². The molecule has 0 heterocycles. The Kier molecular flexibility index (Phi) is 22.4. The van der Waals surface area contributed by atoms with Gasteiger partial charge in [-0.05, 0) is 25.7 Å². The Morgan fingerprint density at radius 1 is 0.682 bits per heavy atom. The zero-order valence-corrected chi connectivity index (χ0v) is 14.9. The van der Waals surface area contributed by atoms with Crippen LogP contribution in [-0.2, 0) is 19.1 Å². The summed E-state index contributed by atoms with van der Waals surface area (Å²) in [6.45, 7) is 20.2. The second-order valence-corrected chi connectivity index (χ2v) is 4.36. The predicted molar refractivity (Wildman–Crippen MR) is 92.6 cm³/mol. The molecule has 22 heavy (non-hydrogen) atoms. The lowest BCUT2D eigenvalue weighted by molar-refractivity contribution is -0.157. The maximum absolute atomic E-state index is 11.5. The van der Waals surface area contributed by atoms with Crippen LogP contribution in [0.4, 0.5) is 0 Å². The van der Waals surface area contributed by atoms with Crippen LogP contribution in [0.25, 0.3) is 0 Å². The van der Waals surface area contributed by atoms with Crippen LogP contribution in [-0.4, -0.2) is 25.2 Å². The molecule has 0 amide bonds. The van der Waals surface area contributed by atoms with Crippen molar-refractivity contribution in [1.82, 2.24) is 0 Å². The molecule has 0 saturated heterocycles. The van der Waals surface area contributed by atoms with Crippen LogP contribution in [0.3, 0.4) is 0 Å². The van der Waals surface area contributed by atoms with E-state index in [0.717, 1.165) is 25.7 Å². The lowest BCUT2D eigenvalue weighted by Gasteiger charge is -2.14. The first-order valence-electron chi connectivity index (χ1n) is 7.93. The van der Waals surface area contributed by atoms with Crippen LogP contribution in [0.1, 0.15) is 53.4 Å². The van der Waals surface area contributed by atoms with Crippen molar-refractivity contribution < 1.29 is 19.1 Å². The van der Waals surface area contributed by atoms with E-state index in [0.29, 0.717) is 0 Å². The predicted octanol–water partition coefficient (Wildman–Crippen LogP) is 4.55. The maximum Gasteiger partial charge on any atom is 0.309 e. The summed E-state index contributed by atoms with van der Waals surface area (Å²) < 4.78 is 10.1. The van der Waals surface area contributed by atoms with Crippen molar-refractivity contribution in [2.24, 2.45) is 11.8 Å². The van der Waals surface area contributed by atoms with Crippen molar-refractivity contribution in [2.75, 3.05) is 13.2 Å². The Labute approximate surface area is 136 Å². The molecule has 4 nitrogen and oxygen atoms in total. The van der Waals surface area contributed by atoms with Crippen LogP contribution in [0.15, 0.2) is 26.3 Å². The first-order chi connectivity index (χ1) is 10.6. The summed E-state index contributed by atoms with van der Waals surface area (Å²) in [4.78, 5) is 23.1. The fourth-order valence-electron chi connectivity index (χ4n) is 1.76. The van der Waals surface area contributed by atoms with E-state index in [-0.39, 0.29) is 37.0 Å². The van der Waals surface area contributed by atoms with Crippen LogP contribution < -0.4 is 0 Å². The van der Waals surface area contributed by atoms with Gasteiger partial charge in [0.05, 0.1) is 11.8 Å². The van der Waals surface area contributed by atoms with Gasteiger partial charge in [-0.25, -0.2) is 0 Å². The molecule has 0 bridgehead atoms. The molecule has 4 heteroatoms. The third-order valence-corrected chi connectivity index (χ3v) is 3.21. The molecule has 0 spiro atoms. The van der Waals surface area contributed by atoms with Gasteiger partial charge < -0.3 is 9.47 Å². The third-order valence-electron chi connectivity index (χ3n) is 3.21. The molecular formula is C18H34O4. The third kappa shape index (κ3) is 12.2. The highest BCUT2D eigenvalue weighted by molar-refractivity contribution is 5.73. The first-order valence-corrected chi connectivity index (χ1v) is 7.93. The van der Waals surface area contributed by atoms with E-state index >= 15 is 0 Å². The van der Waals surface area contributed by atoms with Gasteiger partial charge in [0.2, 0.25) is 0 Å². The number of esters is 2. The van der Waals surface area contributed by atoms with E-state index in [1.165, 1.54) is 0 Å². The van der Waals surface area contributed by atoms with Gasteiger partial charge in [-0.3, -0.25) is 9.59 Å². The number of hydrogen-bond acceptors (Lipinski definition) is 4. The molecule has 0 unspecified atom stereocenters. The number of hydrogen-bond donors (Lipinski definition) is 0. The first kappa shape index (κ1) is 25.4. The lowest BCUT2D eigenvalue weighted by Crippen LogP contribution is -2.22. The fraction of sp³-hybridized carbons (Fsp3) is 0.667. The Morgan fingerprint density at radius 3 is 1.09 bits per heavy atom. The summed E-state index contributed by atoms with van der Waals surface area (Å²) in [6.07, 6.45) is 3.12. The number of rotatable bonds is 9. The number of carbonyl (C=O) groups is 2. The van der Waals surface area contributed by atoms with Gasteiger partial charge in [0.25, 0.3) is 0 Å². The minimum atomic E-state index is -0.196. The smallest absolute Gasteiger partial charge is 0.309 e. The van der Waals surface area contributed by atoms with Gasteiger partial charge in [0.15, 0.2) is 0 Å². The monoisotopic (exact) mass is 314 g/mol. The molecule has 0 aliphatic heterocycles. The normalized spacial score (nSPS) is 9.18. The highest BCUT2D eigenvalue weighted by Gasteiger charge is 2.17. The summed E-state index contributed by atoms with van der Waals surface area (Å²) in [5.74, 6) is -0.475. The molecule has 0 aliphatic carbocycles. The van der Waals surface area contributed by atoms with Gasteiger partial charge in [-0.1, -0.05) is 27.7 Å². The summed E-state index contributed by atoms with van der Waals surface area (Å²) in [5, 5.41) is 0. The van der Waals surface area contributed by atoms with Gasteiger partial charge >= 0.3 is 11.9 Å². The van der Waals surface area contributed by atoms with E-state index in [9.17, 15) is 9.59 Å². The van der Waals surface area contributed by atoms with E-state index < -0.39 is 0 Å². The molecule has 0 aromatic heterocycles. The fourth-order valence-corrected chi connectivity index (χ4v) is 1.76. The Bertz CT molecular complexity index is 240. The Hall–Kier alpha value is -1.58. The zero-order valence-electron chi connectivity index (χ0n) is 14.9. The molecule has 0 aromatic rings. The molecule has 0 radical (unpaired) electrons. The quantitative estimate of drug-likeness (QED) is 0.356. The Morgan fingerprint density at radius 2 is 0.909 bits per heavy atom. The minimum Gasteiger partial charge on any atom is -0.462 e. The number of carbonyl (C=O) groups excluding carboxylic acids is 2. The van der Waals surface area contributed by atoms with Gasteiger partial charge in [-0.15, -0.1) is 26.3 Å². The average Bonchev–Trinajstić information content (AvgIpc) is 2.57. The van der Waals surface area contributed by atoms with Crippen LogP contribution >= 0.6 is 0 Å². The van der Waals surface area contributed by atoms with Crippen molar-refractivity contribution in [3.63, 3.8) is 0 Å². The van der Waals surface area contributed by atoms with Crippen LogP contribution in [0.2, 0.25) is 0 Å². The highest BCUT2D eigenvalue weighted by atomic mass is 16.6. The average molecular weight is 314 g/mol. The highest BCUT2D eigenvalue weighted by Crippen LogP contribution is 2.11. The van der Waals surface area contributed by atoms with Crippen molar-refractivity contribution in [1.29, 1.82) is 0 Å². The van der Waals surface area contributed by atoms with Crippen LogP contribution in [0.5, 0.6) is 0 Å². The molecule has 0 aromatic carbocycles. The second kappa shape index (κ2) is 19.4. The van der Waals surface area contributed by atoms with Crippen molar-refractivity contribution in [3.8, 4) is 0 Å². The molecular weight excluding hydrogens is 280 g/mol. The van der Waals surface area contributed by atoms with Gasteiger partial charge in [-0.2, -0.15) is 0 Å². The molecule has 0 fully saturated rings. The molecule has 0 aliphatic rings. The summed E-state index contributed by atoms with van der Waals surface area (Å²) in [6, 6.07) is 0. The van der Waals surface area contributed by atoms with Crippen molar-refractivity contribution >= 4 is 11.9 Å². The minimum absolute atomic E-state index is 0.0419.